The van der Waals surface area contributed by atoms with Gasteiger partial charge >= 0.3 is 0 Å². The second-order valence-electron chi connectivity index (χ2n) is 18.2. The number of hydrogen-bond donors (Lipinski definition) is 5. The molecule has 0 saturated heterocycles. The van der Waals surface area contributed by atoms with Crippen LogP contribution in [0.25, 0.3) is 0 Å². The van der Waals surface area contributed by atoms with E-state index in [1.54, 1.807) is 0 Å². The quantitative estimate of drug-likeness (QED) is 0.0310. The summed E-state index contributed by atoms with van der Waals surface area (Å²) >= 11 is 0. The van der Waals surface area contributed by atoms with E-state index in [4.69, 9.17) is 0 Å². The van der Waals surface area contributed by atoms with Gasteiger partial charge in [0, 0.05) is 0 Å². The van der Waals surface area contributed by atoms with E-state index in [9.17, 15) is 25.2 Å². The van der Waals surface area contributed by atoms with Crippen molar-refractivity contribution in [2.24, 2.45) is 0 Å². The van der Waals surface area contributed by atoms with E-state index >= 15 is 0 Å². The average molecular weight is 822 g/mol. The fraction of sp³-hybridized carbons (Fsp3) is 0.942. The number of amides is 1. The Bertz CT molecular complexity index is 837. The van der Waals surface area contributed by atoms with Crippen molar-refractivity contribution < 1.29 is 25.2 Å². The van der Waals surface area contributed by atoms with Gasteiger partial charge in [0.05, 0.1) is 18.8 Å². The van der Waals surface area contributed by atoms with Crippen molar-refractivity contribution in [1.82, 2.24) is 5.32 Å². The normalized spacial score (nSPS) is 14.0. The molecule has 6 nitrogen and oxygen atoms in total. The molecule has 4 atom stereocenters. The molecule has 0 aliphatic heterocycles. The summed E-state index contributed by atoms with van der Waals surface area (Å²) in [5.41, 5.74) is 0. The Hall–Kier alpha value is -0.950. The summed E-state index contributed by atoms with van der Waals surface area (Å²) < 4.78 is 0. The first-order valence-electron chi connectivity index (χ1n) is 26.1. The highest BCUT2D eigenvalue weighted by Crippen LogP contribution is 2.17. The molecular formula is C52H103NO5. The monoisotopic (exact) mass is 822 g/mol. The van der Waals surface area contributed by atoms with E-state index in [0.29, 0.717) is 12.8 Å². The molecule has 0 aromatic rings. The van der Waals surface area contributed by atoms with Crippen molar-refractivity contribution in [1.29, 1.82) is 0 Å². The predicted octanol–water partition coefficient (Wildman–Crippen LogP) is 14.5. The summed E-state index contributed by atoms with van der Waals surface area (Å²) in [5, 5.41) is 43.8. The molecule has 0 heterocycles. The molecule has 0 aliphatic carbocycles. The van der Waals surface area contributed by atoms with Gasteiger partial charge in [0.2, 0.25) is 5.91 Å². The minimum atomic E-state index is -1.26. The first-order valence-corrected chi connectivity index (χ1v) is 26.1. The smallest absolute Gasteiger partial charge is 0.249 e. The standard InChI is InChI=1S/C52H103NO5/c1-3-5-7-9-11-13-15-17-18-19-20-21-22-23-24-25-26-27-28-29-30-31-32-34-36-38-40-42-44-46-50(56)52(58)53-48(47-54)51(57)49(55)45-43-41-39-37-35-33-16-14-12-10-8-6-4-2/h23-24,48-51,54-57H,3-22,25-47H2,1-2H3,(H,53,58)/b24-23-. The minimum Gasteiger partial charge on any atom is -0.394 e. The molecule has 0 spiro atoms. The van der Waals surface area contributed by atoms with Crippen LogP contribution in [-0.4, -0.2) is 57.3 Å². The molecule has 0 fully saturated rings. The van der Waals surface area contributed by atoms with E-state index in [1.807, 2.05) is 0 Å². The number of hydrogen-bond acceptors (Lipinski definition) is 5. The Morgan fingerprint density at radius 3 is 1.00 bits per heavy atom. The minimum absolute atomic E-state index is 0.372. The lowest BCUT2D eigenvalue weighted by Gasteiger charge is -2.27. The van der Waals surface area contributed by atoms with Crippen LogP contribution in [0.15, 0.2) is 12.2 Å². The Morgan fingerprint density at radius 2 is 0.690 bits per heavy atom. The number of aliphatic hydroxyl groups excluding tert-OH is 4. The number of unbranched alkanes of at least 4 members (excludes halogenated alkanes) is 37. The van der Waals surface area contributed by atoms with Crippen molar-refractivity contribution >= 4 is 5.91 Å². The molecule has 58 heavy (non-hydrogen) atoms. The lowest BCUT2D eigenvalue weighted by atomic mass is 9.99. The van der Waals surface area contributed by atoms with Gasteiger partial charge < -0.3 is 25.7 Å². The molecular weight excluding hydrogens is 719 g/mol. The molecule has 6 heteroatoms. The number of allylic oxidation sites excluding steroid dienone is 2. The van der Waals surface area contributed by atoms with Crippen LogP contribution in [0.5, 0.6) is 0 Å². The lowest BCUT2D eigenvalue weighted by Crippen LogP contribution is -2.53. The Balaban J connectivity index is 3.58. The molecule has 0 aromatic carbocycles. The molecule has 0 aliphatic rings. The number of carbonyl (C=O) groups is 1. The Labute approximate surface area is 362 Å². The van der Waals surface area contributed by atoms with Crippen LogP contribution in [-0.2, 0) is 4.79 Å². The third kappa shape index (κ3) is 40.5. The number of carbonyl (C=O) groups excluding carboxylic acids is 1. The first kappa shape index (κ1) is 57.1. The zero-order chi connectivity index (χ0) is 42.4. The van der Waals surface area contributed by atoms with Crippen LogP contribution in [0.4, 0.5) is 0 Å². The topological polar surface area (TPSA) is 110 Å². The van der Waals surface area contributed by atoms with E-state index in [0.717, 1.165) is 38.5 Å². The Kier molecular flexibility index (Phi) is 46.3. The molecule has 4 unspecified atom stereocenters. The van der Waals surface area contributed by atoms with Crippen molar-refractivity contribution in [3.05, 3.63) is 12.2 Å². The summed E-state index contributed by atoms with van der Waals surface area (Å²) in [6, 6.07) is -0.981. The lowest BCUT2D eigenvalue weighted by molar-refractivity contribution is -0.132. The van der Waals surface area contributed by atoms with Crippen molar-refractivity contribution in [3.63, 3.8) is 0 Å². The van der Waals surface area contributed by atoms with Gasteiger partial charge in [-0.2, -0.15) is 0 Å². The van der Waals surface area contributed by atoms with Crippen LogP contribution in [0.3, 0.4) is 0 Å². The fourth-order valence-corrected chi connectivity index (χ4v) is 8.34. The van der Waals surface area contributed by atoms with Gasteiger partial charge in [-0.25, -0.2) is 0 Å². The third-order valence-electron chi connectivity index (χ3n) is 12.5. The summed E-state index contributed by atoms with van der Waals surface area (Å²) in [4.78, 5) is 12.5. The molecule has 0 rings (SSSR count). The van der Waals surface area contributed by atoms with Gasteiger partial charge in [0.25, 0.3) is 0 Å². The summed E-state index contributed by atoms with van der Waals surface area (Å²) in [6.07, 6.45) is 54.2. The van der Waals surface area contributed by atoms with Gasteiger partial charge in [-0.1, -0.05) is 257 Å². The van der Waals surface area contributed by atoms with Crippen LogP contribution in [0.2, 0.25) is 0 Å². The van der Waals surface area contributed by atoms with Gasteiger partial charge in [-0.15, -0.1) is 0 Å². The van der Waals surface area contributed by atoms with Crippen molar-refractivity contribution in [3.8, 4) is 0 Å². The first-order chi connectivity index (χ1) is 28.5. The number of aliphatic hydroxyl groups is 4. The highest BCUT2D eigenvalue weighted by molar-refractivity contribution is 5.80. The molecule has 0 aromatic heterocycles. The maximum absolute atomic E-state index is 12.5. The van der Waals surface area contributed by atoms with Crippen LogP contribution < -0.4 is 5.32 Å². The average Bonchev–Trinajstić information content (AvgIpc) is 3.23. The van der Waals surface area contributed by atoms with Crippen molar-refractivity contribution in [2.75, 3.05) is 6.61 Å². The number of rotatable bonds is 48. The molecule has 1 amide bonds. The zero-order valence-corrected chi connectivity index (χ0v) is 39.1. The van der Waals surface area contributed by atoms with Gasteiger partial charge in [0.15, 0.2) is 0 Å². The molecule has 0 radical (unpaired) electrons. The molecule has 0 bridgehead atoms. The van der Waals surface area contributed by atoms with Gasteiger partial charge in [-0.05, 0) is 38.5 Å². The second kappa shape index (κ2) is 47.1. The highest BCUT2D eigenvalue weighted by Gasteiger charge is 2.28. The summed E-state index contributed by atoms with van der Waals surface area (Å²) in [5.74, 6) is -0.580. The second-order valence-corrected chi connectivity index (χ2v) is 18.2. The molecule has 5 N–H and O–H groups in total. The van der Waals surface area contributed by atoms with E-state index < -0.39 is 36.9 Å². The molecule has 346 valence electrons. The fourth-order valence-electron chi connectivity index (χ4n) is 8.34. The Morgan fingerprint density at radius 1 is 0.414 bits per heavy atom. The van der Waals surface area contributed by atoms with Gasteiger partial charge in [0.1, 0.15) is 12.2 Å². The maximum Gasteiger partial charge on any atom is 0.249 e. The molecule has 0 saturated carbocycles. The summed E-state index contributed by atoms with van der Waals surface area (Å²) in [6.45, 7) is 4.07. The predicted molar refractivity (Wildman–Crippen MR) is 251 cm³/mol. The highest BCUT2D eigenvalue weighted by atomic mass is 16.3. The van der Waals surface area contributed by atoms with Crippen LogP contribution >= 0.6 is 0 Å². The zero-order valence-electron chi connectivity index (χ0n) is 39.1. The maximum atomic E-state index is 12.5. The SMILES string of the molecule is CCCCCCCCCCCCCC/C=C\CCCCCCCCCCCCCCCC(O)C(=O)NC(CO)C(O)C(O)CCCCCCCCCCCCCCC. The summed E-state index contributed by atoms with van der Waals surface area (Å²) in [7, 11) is 0. The largest absolute Gasteiger partial charge is 0.394 e. The third-order valence-corrected chi connectivity index (χ3v) is 12.5. The van der Waals surface area contributed by atoms with Gasteiger partial charge in [-0.3, -0.25) is 4.79 Å². The van der Waals surface area contributed by atoms with E-state index in [-0.39, 0.29) is 0 Å². The van der Waals surface area contributed by atoms with Crippen LogP contribution in [0, 0.1) is 0 Å². The van der Waals surface area contributed by atoms with Crippen molar-refractivity contribution in [2.45, 2.75) is 308 Å². The van der Waals surface area contributed by atoms with E-state index in [2.05, 4.69) is 31.3 Å². The van der Waals surface area contributed by atoms with Crippen LogP contribution in [0.1, 0.15) is 284 Å². The number of nitrogens with one attached hydrogen (secondary N) is 1. The van der Waals surface area contributed by atoms with E-state index in [1.165, 1.54) is 218 Å².